The monoisotopic (exact) mass is 216 g/mol. The smallest absolute Gasteiger partial charge is 0.328 e. The molecule has 1 N–H and O–H groups in total. The standard InChI is InChI=1S/C7H12N4O2S/c1-3-5(2)13-6(12)4-11-7(14)8-9-10-11/h5H,3-4H2,1-2H3,(H,8,10,14). The van der Waals surface area contributed by atoms with Gasteiger partial charge in [0.25, 0.3) is 0 Å². The molecule has 0 radical (unpaired) electrons. The summed E-state index contributed by atoms with van der Waals surface area (Å²) in [6.45, 7) is 3.81. The number of hydrogen-bond donors (Lipinski definition) is 1. The molecule has 6 nitrogen and oxygen atoms in total. The number of rotatable bonds is 4. The highest BCUT2D eigenvalue weighted by Gasteiger charge is 2.09. The van der Waals surface area contributed by atoms with E-state index in [1.165, 1.54) is 4.68 Å². The summed E-state index contributed by atoms with van der Waals surface area (Å²) >= 11 is 4.80. The fraction of sp³-hybridized carbons (Fsp3) is 0.714. The third kappa shape index (κ3) is 2.91. The van der Waals surface area contributed by atoms with Gasteiger partial charge in [-0.2, -0.15) is 5.21 Å². The maximum atomic E-state index is 11.3. The maximum Gasteiger partial charge on any atom is 0.328 e. The molecule has 0 saturated carbocycles. The normalized spacial score (nSPS) is 12.4. The Bertz CT molecular complexity index is 359. The SMILES string of the molecule is CCC(C)OC(=O)Cn1[nH]nnc1=S. The predicted molar refractivity (Wildman–Crippen MR) is 51.1 cm³/mol. The van der Waals surface area contributed by atoms with Gasteiger partial charge < -0.3 is 4.74 Å². The summed E-state index contributed by atoms with van der Waals surface area (Å²) in [4.78, 5) is 11.3. The Morgan fingerprint density at radius 3 is 3.00 bits per heavy atom. The second-order valence-electron chi connectivity index (χ2n) is 2.88. The van der Waals surface area contributed by atoms with E-state index in [-0.39, 0.29) is 23.4 Å². The highest BCUT2D eigenvalue weighted by molar-refractivity contribution is 7.71. The molecule has 1 unspecified atom stereocenters. The Morgan fingerprint density at radius 1 is 1.79 bits per heavy atom. The highest BCUT2D eigenvalue weighted by Crippen LogP contribution is 1.97. The van der Waals surface area contributed by atoms with E-state index in [0.29, 0.717) is 0 Å². The van der Waals surface area contributed by atoms with Gasteiger partial charge in [0.1, 0.15) is 6.54 Å². The Balaban J connectivity index is 2.50. The van der Waals surface area contributed by atoms with Crippen LogP contribution in [0.1, 0.15) is 20.3 Å². The molecule has 0 bridgehead atoms. The van der Waals surface area contributed by atoms with Crippen LogP contribution in [0.25, 0.3) is 0 Å². The summed E-state index contributed by atoms with van der Waals surface area (Å²) in [5.74, 6) is -0.346. The van der Waals surface area contributed by atoms with Gasteiger partial charge in [0.05, 0.1) is 6.10 Å². The molecule has 1 heterocycles. The van der Waals surface area contributed by atoms with Gasteiger partial charge >= 0.3 is 5.97 Å². The van der Waals surface area contributed by atoms with Gasteiger partial charge in [-0.1, -0.05) is 17.2 Å². The number of nitrogens with one attached hydrogen (secondary N) is 1. The first-order chi connectivity index (χ1) is 6.63. The van der Waals surface area contributed by atoms with E-state index in [1.807, 2.05) is 13.8 Å². The average Bonchev–Trinajstić information content (AvgIpc) is 2.51. The van der Waals surface area contributed by atoms with E-state index in [2.05, 4.69) is 15.5 Å². The summed E-state index contributed by atoms with van der Waals surface area (Å²) in [6.07, 6.45) is 0.714. The minimum atomic E-state index is -0.346. The van der Waals surface area contributed by atoms with Crippen molar-refractivity contribution in [2.75, 3.05) is 0 Å². The fourth-order valence-corrected chi connectivity index (χ4v) is 0.939. The molecule has 1 aromatic heterocycles. The lowest BCUT2D eigenvalue weighted by atomic mass is 10.3. The predicted octanol–water partition coefficient (Wildman–Crippen LogP) is 0.677. The molecule has 0 aliphatic carbocycles. The largest absolute Gasteiger partial charge is 0.461 e. The van der Waals surface area contributed by atoms with Gasteiger partial charge in [-0.25, -0.2) is 4.68 Å². The van der Waals surface area contributed by atoms with Crippen LogP contribution in [0.2, 0.25) is 0 Å². The number of carbonyl (C=O) groups is 1. The number of H-pyrrole nitrogens is 1. The van der Waals surface area contributed by atoms with Crippen molar-refractivity contribution >= 4 is 18.2 Å². The first kappa shape index (κ1) is 10.8. The Labute approximate surface area is 86.2 Å². The molecule has 0 aromatic carbocycles. The zero-order valence-electron chi connectivity index (χ0n) is 8.06. The summed E-state index contributed by atoms with van der Waals surface area (Å²) in [6, 6.07) is 0. The van der Waals surface area contributed by atoms with Gasteiger partial charge in [-0.05, 0) is 25.6 Å². The zero-order valence-corrected chi connectivity index (χ0v) is 8.87. The Hall–Kier alpha value is -1.24. The first-order valence-electron chi connectivity index (χ1n) is 4.30. The number of hydrogen-bond acceptors (Lipinski definition) is 5. The molecule has 0 aliphatic heterocycles. The van der Waals surface area contributed by atoms with Crippen LogP contribution in [-0.2, 0) is 16.1 Å². The minimum absolute atomic E-state index is 0.0240. The van der Waals surface area contributed by atoms with E-state index >= 15 is 0 Å². The maximum absolute atomic E-state index is 11.3. The van der Waals surface area contributed by atoms with Gasteiger partial charge in [-0.15, -0.1) is 0 Å². The van der Waals surface area contributed by atoms with Gasteiger partial charge in [0, 0.05) is 0 Å². The molecular weight excluding hydrogens is 204 g/mol. The van der Waals surface area contributed by atoms with Gasteiger partial charge in [0.15, 0.2) is 0 Å². The first-order valence-corrected chi connectivity index (χ1v) is 4.71. The molecule has 1 aromatic rings. The van der Waals surface area contributed by atoms with Crippen molar-refractivity contribution in [2.24, 2.45) is 0 Å². The molecule has 0 saturated heterocycles. The fourth-order valence-electron chi connectivity index (χ4n) is 0.793. The number of esters is 1. The van der Waals surface area contributed by atoms with Crippen molar-refractivity contribution < 1.29 is 9.53 Å². The van der Waals surface area contributed by atoms with Crippen LogP contribution in [-0.4, -0.2) is 32.3 Å². The van der Waals surface area contributed by atoms with E-state index in [1.54, 1.807) is 0 Å². The lowest BCUT2D eigenvalue weighted by molar-refractivity contribution is -0.149. The molecule has 0 aliphatic rings. The third-order valence-corrected chi connectivity index (χ3v) is 2.03. The average molecular weight is 216 g/mol. The molecule has 78 valence electrons. The third-order valence-electron chi connectivity index (χ3n) is 1.73. The van der Waals surface area contributed by atoms with Crippen molar-refractivity contribution in [2.45, 2.75) is 32.9 Å². The molecule has 14 heavy (non-hydrogen) atoms. The molecule has 7 heteroatoms. The molecular formula is C7H12N4O2S. The van der Waals surface area contributed by atoms with Gasteiger partial charge in [-0.3, -0.25) is 4.79 Å². The number of tetrazole rings is 1. The molecule has 0 fully saturated rings. The summed E-state index contributed by atoms with van der Waals surface area (Å²) in [5, 5.41) is 9.46. The van der Waals surface area contributed by atoms with E-state index in [4.69, 9.17) is 17.0 Å². The quantitative estimate of drug-likeness (QED) is 0.591. The summed E-state index contributed by atoms with van der Waals surface area (Å²) in [5.41, 5.74) is 0. The van der Waals surface area contributed by atoms with E-state index < -0.39 is 0 Å². The van der Waals surface area contributed by atoms with Crippen LogP contribution in [0, 0.1) is 4.77 Å². The van der Waals surface area contributed by atoms with Crippen LogP contribution in [0.4, 0.5) is 0 Å². The van der Waals surface area contributed by atoms with E-state index in [0.717, 1.165) is 6.42 Å². The topological polar surface area (TPSA) is 72.8 Å². The number of ether oxygens (including phenoxy) is 1. The van der Waals surface area contributed by atoms with Crippen LogP contribution >= 0.6 is 12.2 Å². The minimum Gasteiger partial charge on any atom is -0.461 e. The van der Waals surface area contributed by atoms with Crippen molar-refractivity contribution in [3.8, 4) is 0 Å². The zero-order chi connectivity index (χ0) is 10.6. The van der Waals surface area contributed by atoms with Crippen molar-refractivity contribution in [3.05, 3.63) is 4.77 Å². The summed E-state index contributed by atoms with van der Waals surface area (Å²) in [7, 11) is 0. The second kappa shape index (κ2) is 4.85. The molecule has 1 atom stereocenters. The number of aromatic nitrogens is 4. The Morgan fingerprint density at radius 2 is 2.50 bits per heavy atom. The van der Waals surface area contributed by atoms with Crippen LogP contribution < -0.4 is 0 Å². The van der Waals surface area contributed by atoms with Crippen molar-refractivity contribution in [1.29, 1.82) is 0 Å². The molecule has 0 spiro atoms. The number of carbonyl (C=O) groups excluding carboxylic acids is 1. The molecule has 1 rings (SSSR count). The molecule has 0 amide bonds. The van der Waals surface area contributed by atoms with Crippen LogP contribution in [0.15, 0.2) is 0 Å². The van der Waals surface area contributed by atoms with Crippen molar-refractivity contribution in [3.63, 3.8) is 0 Å². The van der Waals surface area contributed by atoms with Crippen molar-refractivity contribution in [1.82, 2.24) is 20.2 Å². The highest BCUT2D eigenvalue weighted by atomic mass is 32.1. The lowest BCUT2D eigenvalue weighted by Gasteiger charge is -2.10. The Kier molecular flexibility index (Phi) is 3.75. The summed E-state index contributed by atoms with van der Waals surface area (Å²) < 4.78 is 6.64. The second-order valence-corrected chi connectivity index (χ2v) is 3.24. The van der Waals surface area contributed by atoms with E-state index in [9.17, 15) is 4.79 Å². The number of aromatic amines is 1. The van der Waals surface area contributed by atoms with Gasteiger partial charge in [0.2, 0.25) is 4.77 Å². The van der Waals surface area contributed by atoms with Crippen LogP contribution in [0.3, 0.4) is 0 Å². The number of nitrogens with zero attached hydrogens (tertiary/aromatic N) is 3. The lowest BCUT2D eigenvalue weighted by Crippen LogP contribution is -2.19. The van der Waals surface area contributed by atoms with Crippen LogP contribution in [0.5, 0.6) is 0 Å².